The molecule has 24 heavy (non-hydrogen) atoms. The van der Waals surface area contributed by atoms with Gasteiger partial charge in [0.05, 0.1) is 0 Å². The quantitative estimate of drug-likeness (QED) is 0.216. The van der Waals surface area contributed by atoms with Crippen LogP contribution >= 0.6 is 0 Å². The summed E-state index contributed by atoms with van der Waals surface area (Å²) < 4.78 is 19.3. The van der Waals surface area contributed by atoms with Crippen LogP contribution in [0.25, 0.3) is 0 Å². The molecule has 1 aromatic carbocycles. The molecule has 0 aliphatic carbocycles. The lowest BCUT2D eigenvalue weighted by molar-refractivity contribution is 0.194. The van der Waals surface area contributed by atoms with Crippen LogP contribution in [0.15, 0.2) is 47.3 Å². The highest BCUT2D eigenvalue weighted by Gasteiger charge is 2.04. The van der Waals surface area contributed by atoms with Crippen molar-refractivity contribution in [3.63, 3.8) is 0 Å². The number of ether oxygens (including phenoxy) is 1. The molecule has 4 nitrogen and oxygen atoms in total. The third-order valence-corrected chi connectivity index (χ3v) is 3.17. The molecule has 1 rings (SSSR count). The van der Waals surface area contributed by atoms with Gasteiger partial charge in [-0.25, -0.2) is 9.38 Å². The van der Waals surface area contributed by atoms with Crippen molar-refractivity contribution in [1.82, 2.24) is 10.6 Å². The minimum Gasteiger partial charge on any atom is -0.473 e. The summed E-state index contributed by atoms with van der Waals surface area (Å²) in [5.74, 6) is 2.34. The van der Waals surface area contributed by atoms with Crippen LogP contribution in [0.3, 0.4) is 0 Å². The number of terminal acetylenes is 1. The second-order valence-electron chi connectivity index (χ2n) is 4.97. The summed E-state index contributed by atoms with van der Waals surface area (Å²) in [5, 5.41) is 6.36. The van der Waals surface area contributed by atoms with E-state index in [1.807, 2.05) is 19.2 Å². The van der Waals surface area contributed by atoms with Crippen molar-refractivity contribution < 1.29 is 9.13 Å². The van der Waals surface area contributed by atoms with E-state index in [0.717, 1.165) is 26.1 Å². The average Bonchev–Trinajstić information content (AvgIpc) is 2.60. The van der Waals surface area contributed by atoms with Gasteiger partial charge in [-0.2, -0.15) is 0 Å². The minimum absolute atomic E-state index is 0.0704. The third-order valence-electron chi connectivity index (χ3n) is 3.17. The van der Waals surface area contributed by atoms with E-state index in [1.165, 1.54) is 6.07 Å². The number of hydrogen-bond acceptors (Lipinski definition) is 4. The first-order valence-corrected chi connectivity index (χ1v) is 7.78. The van der Waals surface area contributed by atoms with E-state index in [4.69, 9.17) is 11.2 Å². The molecule has 0 unspecified atom stereocenters. The third kappa shape index (κ3) is 7.73. The first-order valence-electron chi connectivity index (χ1n) is 7.78. The highest BCUT2D eigenvalue weighted by atomic mass is 19.1. The minimum atomic E-state index is -0.392. The SMILES string of the molecule is C#Cc1ccc(CO/C(=C/C=C\CCNCCNC)N=C)c(F)c1. The predicted octanol–water partition coefficient (Wildman–Crippen LogP) is 2.62. The Morgan fingerprint density at radius 3 is 2.92 bits per heavy atom. The second kappa shape index (κ2) is 12.1. The molecule has 0 fully saturated rings. The Bertz CT molecular complexity index is 618. The average molecular weight is 329 g/mol. The molecule has 0 aromatic heterocycles. The zero-order valence-electron chi connectivity index (χ0n) is 14.0. The van der Waals surface area contributed by atoms with Crippen molar-refractivity contribution in [2.45, 2.75) is 13.0 Å². The number of nitrogens with one attached hydrogen (secondary N) is 2. The molecule has 0 aliphatic heterocycles. The van der Waals surface area contributed by atoms with Crippen LogP contribution in [0.2, 0.25) is 0 Å². The van der Waals surface area contributed by atoms with E-state index in [9.17, 15) is 4.39 Å². The standard InChI is InChI=1S/C19H24FN3O/c1-4-16-9-10-17(18(20)14-16)15-24-19(22-3)8-6-5-7-11-23-13-12-21-2/h1,5-6,8-10,14,21,23H,3,7,11-13,15H2,2H3/b6-5-,19-8+. The molecule has 0 saturated heterocycles. The Morgan fingerprint density at radius 2 is 2.25 bits per heavy atom. The molecular weight excluding hydrogens is 305 g/mol. The summed E-state index contributed by atoms with van der Waals surface area (Å²) in [6, 6.07) is 4.59. The fourth-order valence-corrected chi connectivity index (χ4v) is 1.82. The van der Waals surface area contributed by atoms with Gasteiger partial charge in [-0.1, -0.05) is 24.1 Å². The molecule has 0 heterocycles. The number of nitrogens with zero attached hydrogens (tertiary/aromatic N) is 1. The summed E-state index contributed by atoms with van der Waals surface area (Å²) in [6.07, 6.45) is 11.7. The van der Waals surface area contributed by atoms with Crippen LogP contribution < -0.4 is 10.6 Å². The largest absolute Gasteiger partial charge is 0.473 e. The van der Waals surface area contributed by atoms with E-state index < -0.39 is 5.82 Å². The van der Waals surface area contributed by atoms with Gasteiger partial charge >= 0.3 is 0 Å². The first-order chi connectivity index (χ1) is 11.7. The lowest BCUT2D eigenvalue weighted by Crippen LogP contribution is -2.25. The smallest absolute Gasteiger partial charge is 0.212 e. The molecular formula is C19H24FN3O. The highest BCUT2D eigenvalue weighted by molar-refractivity contribution is 5.35. The van der Waals surface area contributed by atoms with Crippen molar-refractivity contribution in [2.24, 2.45) is 4.99 Å². The van der Waals surface area contributed by atoms with Gasteiger partial charge in [-0.3, -0.25) is 0 Å². The van der Waals surface area contributed by atoms with Gasteiger partial charge in [-0.05, 0) is 44.9 Å². The number of aliphatic imine (C=N–C) groups is 1. The van der Waals surface area contributed by atoms with Gasteiger partial charge in [0.15, 0.2) is 0 Å². The van der Waals surface area contributed by atoms with Crippen molar-refractivity contribution in [2.75, 3.05) is 26.7 Å². The molecule has 0 atom stereocenters. The normalized spacial score (nSPS) is 11.5. The number of benzene rings is 1. The molecule has 2 N–H and O–H groups in total. The van der Waals surface area contributed by atoms with Gasteiger partial charge in [0.2, 0.25) is 5.88 Å². The van der Waals surface area contributed by atoms with Crippen molar-refractivity contribution in [1.29, 1.82) is 0 Å². The van der Waals surface area contributed by atoms with Crippen LogP contribution in [-0.2, 0) is 11.3 Å². The maximum Gasteiger partial charge on any atom is 0.212 e. The second-order valence-corrected chi connectivity index (χ2v) is 4.97. The van der Waals surface area contributed by atoms with E-state index in [1.54, 1.807) is 18.2 Å². The van der Waals surface area contributed by atoms with Gasteiger partial charge < -0.3 is 15.4 Å². The topological polar surface area (TPSA) is 45.6 Å². The summed E-state index contributed by atoms with van der Waals surface area (Å²) in [5.41, 5.74) is 0.918. The van der Waals surface area contributed by atoms with Crippen molar-refractivity contribution in [3.05, 3.63) is 59.3 Å². The van der Waals surface area contributed by atoms with Crippen LogP contribution in [0.1, 0.15) is 17.5 Å². The van der Waals surface area contributed by atoms with Crippen LogP contribution in [0, 0.1) is 18.2 Å². The van der Waals surface area contributed by atoms with E-state index in [0.29, 0.717) is 17.0 Å². The van der Waals surface area contributed by atoms with Crippen LogP contribution in [0.5, 0.6) is 0 Å². The number of halogens is 1. The molecule has 1 aromatic rings. The molecule has 0 bridgehead atoms. The number of hydrogen-bond donors (Lipinski definition) is 2. The zero-order chi connectivity index (χ0) is 17.6. The van der Waals surface area contributed by atoms with E-state index in [2.05, 4.69) is 28.3 Å². The maximum atomic E-state index is 13.8. The molecule has 0 amide bonds. The monoisotopic (exact) mass is 329 g/mol. The van der Waals surface area contributed by atoms with Gasteiger partial charge in [0, 0.05) is 24.2 Å². The Hall–Kier alpha value is -2.42. The fraction of sp³-hybridized carbons (Fsp3) is 0.316. The Morgan fingerprint density at radius 1 is 1.42 bits per heavy atom. The molecule has 128 valence electrons. The molecule has 0 spiro atoms. The molecule has 0 aliphatic rings. The summed E-state index contributed by atoms with van der Waals surface area (Å²) in [6.45, 7) is 6.31. The molecule has 0 radical (unpaired) electrons. The van der Waals surface area contributed by atoms with Gasteiger partial charge in [-0.15, -0.1) is 6.42 Å². The van der Waals surface area contributed by atoms with Gasteiger partial charge in [0.25, 0.3) is 0 Å². The van der Waals surface area contributed by atoms with Crippen molar-refractivity contribution >= 4 is 6.72 Å². The van der Waals surface area contributed by atoms with E-state index in [-0.39, 0.29) is 6.61 Å². The molecule has 0 saturated carbocycles. The van der Waals surface area contributed by atoms with Crippen molar-refractivity contribution in [3.8, 4) is 12.3 Å². The van der Waals surface area contributed by atoms with Crippen LogP contribution in [0.4, 0.5) is 4.39 Å². The lowest BCUT2D eigenvalue weighted by atomic mass is 10.1. The highest BCUT2D eigenvalue weighted by Crippen LogP contribution is 2.13. The number of rotatable bonds is 11. The first kappa shape index (κ1) is 19.6. The summed E-state index contributed by atoms with van der Waals surface area (Å²) in [4.78, 5) is 3.78. The Kier molecular flexibility index (Phi) is 9.86. The maximum absolute atomic E-state index is 13.8. The van der Waals surface area contributed by atoms with Gasteiger partial charge in [0.1, 0.15) is 12.4 Å². The fourth-order valence-electron chi connectivity index (χ4n) is 1.82. The summed E-state index contributed by atoms with van der Waals surface area (Å²) >= 11 is 0. The van der Waals surface area contributed by atoms with E-state index >= 15 is 0 Å². The number of allylic oxidation sites excluding steroid dienone is 2. The Labute approximate surface area is 143 Å². The van der Waals surface area contributed by atoms with Crippen LogP contribution in [-0.4, -0.2) is 33.4 Å². The lowest BCUT2D eigenvalue weighted by Gasteiger charge is -2.07. The summed E-state index contributed by atoms with van der Waals surface area (Å²) in [7, 11) is 1.92. The predicted molar refractivity (Wildman–Crippen MR) is 97.3 cm³/mol. The zero-order valence-corrected chi connectivity index (χ0v) is 14.0. The molecule has 5 heteroatoms. The Balaban J connectivity index is 2.41. The number of likely N-dealkylation sites (N-methyl/N-ethyl adjacent to an activating group) is 1.